The highest BCUT2D eigenvalue weighted by atomic mass is 16.5. The third-order valence-corrected chi connectivity index (χ3v) is 6.88. The van der Waals surface area contributed by atoms with Crippen LogP contribution >= 0.6 is 0 Å². The molecule has 3 aromatic rings. The van der Waals surface area contributed by atoms with Gasteiger partial charge in [0.05, 0.1) is 12.3 Å². The fourth-order valence-electron chi connectivity index (χ4n) is 4.74. The van der Waals surface area contributed by atoms with Gasteiger partial charge in [0.1, 0.15) is 5.75 Å². The molecule has 2 aromatic heterocycles. The summed E-state index contributed by atoms with van der Waals surface area (Å²) in [4.78, 5) is 16.2. The lowest BCUT2D eigenvalue weighted by Gasteiger charge is -2.21. The zero-order valence-electron chi connectivity index (χ0n) is 22.3. The number of aryl methyl sites for hydroxylation is 1. The number of unbranched alkanes of at least 4 members (excludes halogenated alkanes) is 3. The first-order valence-corrected chi connectivity index (χ1v) is 13.7. The molecule has 35 heavy (non-hydrogen) atoms. The highest BCUT2D eigenvalue weighted by Crippen LogP contribution is 2.27. The smallest absolute Gasteiger partial charge is 0.210 e. The number of rotatable bonds is 16. The Morgan fingerprint density at radius 1 is 0.857 bits per heavy atom. The number of ketones is 1. The van der Waals surface area contributed by atoms with Crippen molar-refractivity contribution >= 4 is 11.3 Å². The van der Waals surface area contributed by atoms with Crippen LogP contribution in [0.2, 0.25) is 0 Å². The van der Waals surface area contributed by atoms with E-state index in [1.165, 1.54) is 49.9 Å². The third kappa shape index (κ3) is 7.20. The van der Waals surface area contributed by atoms with E-state index >= 15 is 0 Å². The van der Waals surface area contributed by atoms with Crippen LogP contribution in [-0.4, -0.2) is 41.3 Å². The number of fused-ring (bicyclic) bond motifs is 1. The van der Waals surface area contributed by atoms with Crippen LogP contribution in [0.3, 0.4) is 0 Å². The lowest BCUT2D eigenvalue weighted by molar-refractivity contribution is 0.103. The molecule has 0 aliphatic rings. The van der Waals surface area contributed by atoms with E-state index < -0.39 is 0 Å². The molecule has 0 bridgehead atoms. The van der Waals surface area contributed by atoms with Gasteiger partial charge in [-0.15, -0.1) is 0 Å². The van der Waals surface area contributed by atoms with Crippen LogP contribution in [-0.2, 0) is 6.42 Å². The minimum Gasteiger partial charge on any atom is -0.494 e. The van der Waals surface area contributed by atoms with Crippen LogP contribution in [0.5, 0.6) is 5.75 Å². The van der Waals surface area contributed by atoms with Gasteiger partial charge in [-0.25, -0.2) is 0 Å². The Hall–Kier alpha value is -2.59. The number of carbonyl (C=O) groups excluding carboxylic acids is 1. The molecule has 0 aliphatic carbocycles. The van der Waals surface area contributed by atoms with E-state index in [9.17, 15) is 4.79 Å². The van der Waals surface area contributed by atoms with Gasteiger partial charge in [-0.3, -0.25) is 4.79 Å². The summed E-state index contributed by atoms with van der Waals surface area (Å²) in [5.41, 5.74) is 5.03. The number of carbonyl (C=O) groups is 1. The molecule has 4 heteroatoms. The van der Waals surface area contributed by atoms with Gasteiger partial charge >= 0.3 is 0 Å². The summed E-state index contributed by atoms with van der Waals surface area (Å²) in [5, 5.41) is 0. The first-order chi connectivity index (χ1) is 17.1. The monoisotopic (exact) mass is 476 g/mol. The number of hydrogen-bond donors (Lipinski definition) is 0. The van der Waals surface area contributed by atoms with Gasteiger partial charge in [-0.2, -0.15) is 0 Å². The molecule has 190 valence electrons. The molecule has 0 saturated heterocycles. The molecule has 0 spiro atoms. The molecule has 0 aliphatic heterocycles. The zero-order chi connectivity index (χ0) is 25.0. The quantitative estimate of drug-likeness (QED) is 0.159. The SMILES string of the molecule is CCCCc1c(C)c2ccccn2c1C(=O)c1ccc(OCCCN(CCCC)CCCC)cc1. The molecule has 4 nitrogen and oxygen atoms in total. The molecule has 0 radical (unpaired) electrons. The molecule has 0 saturated carbocycles. The van der Waals surface area contributed by atoms with Crippen molar-refractivity contribution in [2.75, 3.05) is 26.2 Å². The summed E-state index contributed by atoms with van der Waals surface area (Å²) in [7, 11) is 0. The summed E-state index contributed by atoms with van der Waals surface area (Å²) in [6.45, 7) is 13.0. The zero-order valence-corrected chi connectivity index (χ0v) is 22.3. The average Bonchev–Trinajstić information content (AvgIpc) is 3.17. The lowest BCUT2D eigenvalue weighted by atomic mass is 9.99. The molecule has 0 atom stereocenters. The maximum Gasteiger partial charge on any atom is 0.210 e. The van der Waals surface area contributed by atoms with E-state index in [2.05, 4.69) is 43.1 Å². The Labute approximate surface area is 212 Å². The molecule has 0 amide bonds. The lowest BCUT2D eigenvalue weighted by Crippen LogP contribution is -2.28. The topological polar surface area (TPSA) is 34.0 Å². The van der Waals surface area contributed by atoms with Gasteiger partial charge in [0.2, 0.25) is 5.78 Å². The molecule has 3 rings (SSSR count). The standard InChI is InChI=1S/C31H44N2O2/c1-5-8-14-28-25(4)29-15-11-12-23-33(29)30(28)31(34)26-16-18-27(19-17-26)35-24-13-22-32(20-9-6-2)21-10-7-3/h11-12,15-19,23H,5-10,13-14,20-22,24H2,1-4H3. The Bertz CT molecular complexity index is 1040. The maximum atomic E-state index is 13.6. The summed E-state index contributed by atoms with van der Waals surface area (Å²) in [6.07, 6.45) is 11.1. The predicted molar refractivity (Wildman–Crippen MR) is 147 cm³/mol. The van der Waals surface area contributed by atoms with Crippen molar-refractivity contribution in [3.05, 3.63) is 71.0 Å². The average molecular weight is 477 g/mol. The van der Waals surface area contributed by atoms with E-state index in [0.29, 0.717) is 12.2 Å². The summed E-state index contributed by atoms with van der Waals surface area (Å²) in [5.74, 6) is 0.914. The Kier molecular flexibility index (Phi) is 10.9. The van der Waals surface area contributed by atoms with Gasteiger partial charge in [-0.1, -0.05) is 46.1 Å². The van der Waals surface area contributed by atoms with E-state index in [1.54, 1.807) is 0 Å². The second kappa shape index (κ2) is 14.1. The molecule has 0 fully saturated rings. The maximum absolute atomic E-state index is 13.6. The van der Waals surface area contributed by atoms with Crippen molar-refractivity contribution in [1.29, 1.82) is 0 Å². The van der Waals surface area contributed by atoms with Crippen molar-refractivity contribution in [1.82, 2.24) is 9.30 Å². The molecule has 1 aromatic carbocycles. The van der Waals surface area contributed by atoms with Gasteiger partial charge < -0.3 is 14.0 Å². The molecular weight excluding hydrogens is 432 g/mol. The predicted octanol–water partition coefficient (Wildman–Crippen LogP) is 7.49. The molecule has 0 N–H and O–H groups in total. The molecular formula is C31H44N2O2. The van der Waals surface area contributed by atoms with Crippen LogP contribution in [0.25, 0.3) is 5.52 Å². The van der Waals surface area contributed by atoms with E-state index in [4.69, 9.17) is 4.74 Å². The number of benzene rings is 1. The molecule has 2 heterocycles. The van der Waals surface area contributed by atoms with Gasteiger partial charge in [0.25, 0.3) is 0 Å². The third-order valence-electron chi connectivity index (χ3n) is 6.88. The minimum absolute atomic E-state index is 0.0828. The Morgan fingerprint density at radius 2 is 1.51 bits per heavy atom. The van der Waals surface area contributed by atoms with Crippen LogP contribution in [0.1, 0.15) is 92.9 Å². The highest BCUT2D eigenvalue weighted by molar-refractivity contribution is 6.10. The fourth-order valence-corrected chi connectivity index (χ4v) is 4.74. The number of pyridine rings is 1. The van der Waals surface area contributed by atoms with E-state index in [-0.39, 0.29) is 5.78 Å². The number of aromatic nitrogens is 1. The van der Waals surface area contributed by atoms with Crippen molar-refractivity contribution in [2.45, 2.75) is 79.1 Å². The highest BCUT2D eigenvalue weighted by Gasteiger charge is 2.21. The van der Waals surface area contributed by atoms with E-state index in [0.717, 1.165) is 49.2 Å². The van der Waals surface area contributed by atoms with Crippen molar-refractivity contribution in [3.8, 4) is 5.75 Å². The summed E-state index contributed by atoms with van der Waals surface area (Å²) >= 11 is 0. The van der Waals surface area contributed by atoms with Crippen molar-refractivity contribution in [3.63, 3.8) is 0 Å². The Balaban J connectivity index is 1.64. The molecule has 0 unspecified atom stereocenters. The van der Waals surface area contributed by atoms with Gasteiger partial charge in [0, 0.05) is 23.8 Å². The van der Waals surface area contributed by atoms with Crippen LogP contribution < -0.4 is 4.74 Å². The minimum atomic E-state index is 0.0828. The van der Waals surface area contributed by atoms with Gasteiger partial charge in [0.15, 0.2) is 0 Å². The first-order valence-electron chi connectivity index (χ1n) is 13.7. The van der Waals surface area contributed by atoms with Crippen LogP contribution in [0, 0.1) is 6.92 Å². The second-order valence-corrected chi connectivity index (χ2v) is 9.62. The Morgan fingerprint density at radius 3 is 2.17 bits per heavy atom. The fraction of sp³-hybridized carbons (Fsp3) is 0.516. The second-order valence-electron chi connectivity index (χ2n) is 9.62. The normalized spacial score (nSPS) is 11.5. The first kappa shape index (κ1) is 27.0. The van der Waals surface area contributed by atoms with Crippen LogP contribution in [0.4, 0.5) is 0 Å². The summed E-state index contributed by atoms with van der Waals surface area (Å²) < 4.78 is 8.08. The van der Waals surface area contributed by atoms with Crippen molar-refractivity contribution < 1.29 is 9.53 Å². The summed E-state index contributed by atoms with van der Waals surface area (Å²) in [6, 6.07) is 13.8. The number of ether oxygens (including phenoxy) is 1. The van der Waals surface area contributed by atoms with Crippen LogP contribution in [0.15, 0.2) is 48.7 Å². The van der Waals surface area contributed by atoms with Gasteiger partial charge in [-0.05, 0) is 99.6 Å². The number of nitrogens with zero attached hydrogens (tertiary/aromatic N) is 2. The number of hydrogen-bond acceptors (Lipinski definition) is 3. The van der Waals surface area contributed by atoms with E-state index in [1.807, 2.05) is 42.6 Å². The largest absolute Gasteiger partial charge is 0.494 e. The van der Waals surface area contributed by atoms with Crippen molar-refractivity contribution in [2.24, 2.45) is 0 Å².